The van der Waals surface area contributed by atoms with E-state index in [1.165, 1.54) is 29.4 Å². The van der Waals surface area contributed by atoms with Gasteiger partial charge < -0.3 is 19.3 Å². The van der Waals surface area contributed by atoms with E-state index >= 15 is 0 Å². The number of aromatic hydroxyl groups is 1. The highest BCUT2D eigenvalue weighted by Crippen LogP contribution is 2.30. The van der Waals surface area contributed by atoms with Crippen LogP contribution in [0.15, 0.2) is 72.8 Å². The molecule has 0 aliphatic carbocycles. The predicted octanol–water partition coefficient (Wildman–Crippen LogP) is 5.22. The van der Waals surface area contributed by atoms with Crippen LogP contribution in [0.1, 0.15) is 10.4 Å². The topological polar surface area (TPSA) is 70.6 Å². The van der Waals surface area contributed by atoms with Gasteiger partial charge in [0.25, 0.3) is 0 Å². The van der Waals surface area contributed by atoms with Crippen molar-refractivity contribution in [2.75, 3.05) is 24.2 Å². The van der Waals surface area contributed by atoms with Gasteiger partial charge in [-0.25, -0.2) is 0 Å². The molecule has 0 heterocycles. The number of benzene rings is 3. The quantitative estimate of drug-likeness (QED) is 0.308. The van der Waals surface area contributed by atoms with Crippen molar-refractivity contribution in [2.45, 2.75) is 0 Å². The number of hydrogen-bond acceptors (Lipinski definition) is 6. The lowest BCUT2D eigenvalue weighted by Crippen LogP contribution is -1.96. The third-order valence-electron chi connectivity index (χ3n) is 3.69. The van der Waals surface area contributed by atoms with E-state index in [-0.39, 0.29) is 5.75 Å². The Morgan fingerprint density at radius 2 is 1.63 bits per heavy atom. The second kappa shape index (κ2) is 10.9. The first-order chi connectivity index (χ1) is 13.2. The fourth-order valence-electron chi connectivity index (χ4n) is 2.32. The van der Waals surface area contributed by atoms with Crippen LogP contribution in [0.25, 0.3) is 11.1 Å². The molecule has 0 saturated carbocycles. The molecule has 0 radical (unpaired) electrons. The zero-order valence-corrected chi connectivity index (χ0v) is 16.0. The standard InChI is InChI=1S/C14H16N2OS.C7H6O2/c1-15-14-10-12(11-6-4-3-5-7-11)8-9-13(14)16-18-17-2;8-5-6-3-1-2-4-7(6)9/h3-10,15-16H,1-2H3;1-5,9H. The number of phenols is 1. The normalized spacial score (nSPS) is 9.70. The molecule has 0 unspecified atom stereocenters. The van der Waals surface area contributed by atoms with Gasteiger partial charge in [0, 0.05) is 7.05 Å². The third kappa shape index (κ3) is 6.06. The third-order valence-corrected chi connectivity index (χ3v) is 4.16. The van der Waals surface area contributed by atoms with Crippen LogP contribution >= 0.6 is 12.2 Å². The number of hydrogen-bond donors (Lipinski definition) is 3. The van der Waals surface area contributed by atoms with Crippen molar-refractivity contribution in [3.8, 4) is 16.9 Å². The van der Waals surface area contributed by atoms with Crippen LogP contribution in [-0.4, -0.2) is 25.6 Å². The van der Waals surface area contributed by atoms with Crippen LogP contribution in [0, 0.1) is 0 Å². The molecule has 6 heteroatoms. The van der Waals surface area contributed by atoms with E-state index in [1.807, 2.05) is 31.3 Å². The van der Waals surface area contributed by atoms with Crippen LogP contribution in [0.4, 0.5) is 11.4 Å². The molecule has 0 aliphatic rings. The van der Waals surface area contributed by atoms with E-state index in [2.05, 4.69) is 34.3 Å². The average Bonchev–Trinajstić information content (AvgIpc) is 2.73. The van der Waals surface area contributed by atoms with Crippen LogP contribution in [0.5, 0.6) is 5.75 Å². The molecule has 0 aliphatic heterocycles. The lowest BCUT2D eigenvalue weighted by Gasteiger charge is -2.12. The maximum absolute atomic E-state index is 10.1. The fourth-order valence-corrected chi connectivity index (χ4v) is 2.68. The summed E-state index contributed by atoms with van der Waals surface area (Å²) in [4.78, 5) is 10.1. The summed E-state index contributed by atoms with van der Waals surface area (Å²) in [5, 5.41) is 12.1. The van der Waals surface area contributed by atoms with Crippen LogP contribution in [0.2, 0.25) is 0 Å². The summed E-state index contributed by atoms with van der Waals surface area (Å²) in [5.74, 6) is 0.0347. The predicted molar refractivity (Wildman–Crippen MR) is 113 cm³/mol. The molecule has 0 fully saturated rings. The van der Waals surface area contributed by atoms with Gasteiger partial charge in [0.05, 0.1) is 24.0 Å². The van der Waals surface area contributed by atoms with Gasteiger partial charge in [-0.3, -0.25) is 4.79 Å². The van der Waals surface area contributed by atoms with Crippen LogP contribution < -0.4 is 10.0 Å². The minimum absolute atomic E-state index is 0.0347. The van der Waals surface area contributed by atoms with Crippen molar-refractivity contribution in [3.63, 3.8) is 0 Å². The highest BCUT2D eigenvalue weighted by atomic mass is 32.2. The molecule has 3 rings (SSSR count). The molecule has 0 bridgehead atoms. The van der Waals surface area contributed by atoms with Crippen molar-refractivity contribution >= 4 is 29.9 Å². The zero-order valence-electron chi connectivity index (χ0n) is 15.2. The lowest BCUT2D eigenvalue weighted by atomic mass is 10.0. The van der Waals surface area contributed by atoms with Gasteiger partial charge in [-0.2, -0.15) is 0 Å². The zero-order chi connectivity index (χ0) is 19.5. The van der Waals surface area contributed by atoms with Gasteiger partial charge in [-0.1, -0.05) is 48.5 Å². The van der Waals surface area contributed by atoms with E-state index < -0.39 is 0 Å². The summed E-state index contributed by atoms with van der Waals surface area (Å²) in [5.41, 5.74) is 4.77. The van der Waals surface area contributed by atoms with E-state index in [0.717, 1.165) is 11.4 Å². The Morgan fingerprint density at radius 1 is 0.926 bits per heavy atom. The summed E-state index contributed by atoms with van der Waals surface area (Å²) in [6, 6.07) is 23.0. The monoisotopic (exact) mass is 382 g/mol. The molecular formula is C21H22N2O3S. The summed E-state index contributed by atoms with van der Waals surface area (Å²) in [6.07, 6.45) is 0.620. The molecule has 0 amide bonds. The minimum Gasteiger partial charge on any atom is -0.507 e. The Morgan fingerprint density at radius 3 is 2.22 bits per heavy atom. The second-order valence-corrected chi connectivity index (χ2v) is 6.11. The van der Waals surface area contributed by atoms with Gasteiger partial charge in [0.15, 0.2) is 6.29 Å². The lowest BCUT2D eigenvalue weighted by molar-refractivity contribution is 0.112. The molecule has 0 aromatic heterocycles. The molecular weight excluding hydrogens is 360 g/mol. The van der Waals surface area contributed by atoms with Crippen LogP contribution in [0.3, 0.4) is 0 Å². The van der Waals surface area contributed by atoms with E-state index in [0.29, 0.717) is 11.8 Å². The van der Waals surface area contributed by atoms with Gasteiger partial charge in [-0.15, -0.1) is 0 Å². The minimum atomic E-state index is 0.0347. The number of phenolic OH excluding ortho intramolecular Hbond substituents is 1. The van der Waals surface area contributed by atoms with Crippen molar-refractivity contribution in [1.29, 1.82) is 0 Å². The summed E-state index contributed by atoms with van der Waals surface area (Å²) < 4.78 is 8.06. The number of para-hydroxylation sites is 1. The van der Waals surface area contributed by atoms with Gasteiger partial charge in [0.2, 0.25) is 0 Å². The molecule has 3 aromatic carbocycles. The molecule has 3 aromatic rings. The molecule has 140 valence electrons. The Bertz CT molecular complexity index is 857. The Hall–Kier alpha value is -2.96. The Balaban J connectivity index is 0.000000244. The summed E-state index contributed by atoms with van der Waals surface area (Å²) in [6.45, 7) is 0. The molecule has 3 N–H and O–H groups in total. The Labute approximate surface area is 163 Å². The second-order valence-electron chi connectivity index (χ2n) is 5.41. The molecule has 5 nitrogen and oxygen atoms in total. The smallest absolute Gasteiger partial charge is 0.153 e. The summed E-state index contributed by atoms with van der Waals surface area (Å²) >= 11 is 1.20. The van der Waals surface area contributed by atoms with Crippen molar-refractivity contribution < 1.29 is 14.1 Å². The highest BCUT2D eigenvalue weighted by molar-refractivity contribution is 7.96. The molecule has 0 spiro atoms. The number of carbonyl (C=O) groups is 1. The molecule has 0 atom stereocenters. The number of aldehydes is 1. The van der Waals surface area contributed by atoms with E-state index in [1.54, 1.807) is 25.3 Å². The number of anilines is 2. The molecule has 0 saturated heterocycles. The van der Waals surface area contributed by atoms with Crippen molar-refractivity contribution in [3.05, 3.63) is 78.4 Å². The van der Waals surface area contributed by atoms with Crippen LogP contribution in [-0.2, 0) is 4.18 Å². The molecule has 27 heavy (non-hydrogen) atoms. The van der Waals surface area contributed by atoms with Gasteiger partial charge in [-0.05, 0) is 35.4 Å². The first kappa shape index (κ1) is 20.4. The number of nitrogens with one attached hydrogen (secondary N) is 2. The number of carbonyl (C=O) groups excluding carboxylic acids is 1. The average molecular weight is 382 g/mol. The van der Waals surface area contributed by atoms with Crippen molar-refractivity contribution in [1.82, 2.24) is 0 Å². The fraction of sp³-hybridized carbons (Fsp3) is 0.0952. The summed E-state index contributed by atoms with van der Waals surface area (Å²) in [7, 11) is 3.54. The first-order valence-corrected chi connectivity index (χ1v) is 8.99. The first-order valence-electron chi connectivity index (χ1n) is 8.25. The van der Waals surface area contributed by atoms with E-state index in [4.69, 9.17) is 9.29 Å². The van der Waals surface area contributed by atoms with E-state index in [9.17, 15) is 4.79 Å². The SMILES string of the molecule is CNc1cc(-c2ccccc2)ccc1NSOC.O=Cc1ccccc1O. The number of rotatable bonds is 6. The maximum Gasteiger partial charge on any atom is 0.153 e. The van der Waals surface area contributed by atoms with Gasteiger partial charge in [0.1, 0.15) is 18.0 Å². The highest BCUT2D eigenvalue weighted by Gasteiger charge is 2.04. The largest absolute Gasteiger partial charge is 0.507 e. The maximum atomic E-state index is 10.1. The van der Waals surface area contributed by atoms with Gasteiger partial charge >= 0.3 is 0 Å². The Kier molecular flexibility index (Phi) is 8.22. The van der Waals surface area contributed by atoms with Crippen molar-refractivity contribution in [2.24, 2.45) is 0 Å².